The minimum absolute atomic E-state index is 0.0675. The van der Waals surface area contributed by atoms with E-state index in [-0.39, 0.29) is 17.9 Å². The van der Waals surface area contributed by atoms with Crippen LogP contribution in [-0.4, -0.2) is 62.1 Å². The number of hydrogen-bond donors (Lipinski definition) is 4. The van der Waals surface area contributed by atoms with Crippen molar-refractivity contribution >= 4 is 29.2 Å². The second-order valence-corrected chi connectivity index (χ2v) is 9.38. The number of ether oxygens (including phenoxy) is 1. The Bertz CT molecular complexity index is 1280. The molecule has 39 heavy (non-hydrogen) atoms. The summed E-state index contributed by atoms with van der Waals surface area (Å²) in [4.78, 5) is 43.8. The number of aromatic nitrogens is 1. The zero-order valence-corrected chi connectivity index (χ0v) is 22.0. The highest BCUT2D eigenvalue weighted by molar-refractivity contribution is 6.02. The lowest BCUT2D eigenvalue weighted by Gasteiger charge is -2.18. The van der Waals surface area contributed by atoms with Gasteiger partial charge < -0.3 is 31.3 Å². The van der Waals surface area contributed by atoms with E-state index in [4.69, 9.17) is 10.5 Å². The van der Waals surface area contributed by atoms with Crippen LogP contribution in [-0.2, 0) is 11.3 Å². The first kappa shape index (κ1) is 27.6. The van der Waals surface area contributed by atoms with Gasteiger partial charge in [-0.15, -0.1) is 0 Å². The van der Waals surface area contributed by atoms with E-state index in [1.807, 2.05) is 36.4 Å². The number of methoxy groups -OCH3 is 1. The molecule has 1 aliphatic rings. The van der Waals surface area contributed by atoms with Crippen molar-refractivity contribution < 1.29 is 19.1 Å². The van der Waals surface area contributed by atoms with Gasteiger partial charge in [0.15, 0.2) is 0 Å². The highest BCUT2D eigenvalue weighted by atomic mass is 16.5. The molecule has 204 valence electrons. The second kappa shape index (κ2) is 13.4. The maximum absolute atomic E-state index is 13.0. The van der Waals surface area contributed by atoms with Gasteiger partial charge in [0.2, 0.25) is 0 Å². The van der Waals surface area contributed by atoms with Crippen molar-refractivity contribution in [2.75, 3.05) is 43.6 Å². The molecule has 2 heterocycles. The van der Waals surface area contributed by atoms with Crippen molar-refractivity contribution in [3.8, 4) is 0 Å². The van der Waals surface area contributed by atoms with Gasteiger partial charge in [-0.3, -0.25) is 14.4 Å². The van der Waals surface area contributed by atoms with E-state index in [9.17, 15) is 14.4 Å². The third-order valence-electron chi connectivity index (χ3n) is 6.54. The van der Waals surface area contributed by atoms with Crippen LogP contribution in [0.5, 0.6) is 0 Å². The quantitative estimate of drug-likeness (QED) is 0.264. The Hall–Kier alpha value is -4.44. The van der Waals surface area contributed by atoms with Gasteiger partial charge in [0.05, 0.1) is 11.1 Å². The van der Waals surface area contributed by atoms with Crippen LogP contribution in [0.1, 0.15) is 49.5 Å². The predicted molar refractivity (Wildman–Crippen MR) is 150 cm³/mol. The smallest absolute Gasteiger partial charge is 0.253 e. The van der Waals surface area contributed by atoms with Crippen LogP contribution >= 0.6 is 0 Å². The summed E-state index contributed by atoms with van der Waals surface area (Å²) in [5.41, 5.74) is 8.32. The lowest BCUT2D eigenvalue weighted by Crippen LogP contribution is -2.37. The Morgan fingerprint density at radius 2 is 1.85 bits per heavy atom. The first-order valence-electron chi connectivity index (χ1n) is 12.9. The van der Waals surface area contributed by atoms with Crippen LogP contribution in [0.2, 0.25) is 0 Å². The van der Waals surface area contributed by atoms with Crippen molar-refractivity contribution in [2.45, 2.75) is 25.4 Å². The number of nitrogens with zero attached hydrogens (tertiary/aromatic N) is 2. The number of nitrogens with one attached hydrogen (secondary N) is 3. The van der Waals surface area contributed by atoms with Gasteiger partial charge in [-0.2, -0.15) is 0 Å². The highest BCUT2D eigenvalue weighted by Crippen LogP contribution is 2.21. The summed E-state index contributed by atoms with van der Waals surface area (Å²) in [5, 5.41) is 9.15. The van der Waals surface area contributed by atoms with E-state index in [0.717, 1.165) is 30.8 Å². The number of primary amides is 1. The van der Waals surface area contributed by atoms with Crippen molar-refractivity contribution in [3.05, 3.63) is 89.1 Å². The molecule has 0 spiro atoms. The average molecular weight is 531 g/mol. The van der Waals surface area contributed by atoms with Gasteiger partial charge in [0.1, 0.15) is 5.82 Å². The second-order valence-electron chi connectivity index (χ2n) is 9.38. The lowest BCUT2D eigenvalue weighted by atomic mass is 10.1. The molecule has 1 aromatic heterocycles. The van der Waals surface area contributed by atoms with Crippen LogP contribution in [0.15, 0.2) is 66.9 Å². The van der Waals surface area contributed by atoms with E-state index in [1.54, 1.807) is 37.6 Å². The van der Waals surface area contributed by atoms with E-state index in [2.05, 4.69) is 25.8 Å². The number of anilines is 2. The Morgan fingerprint density at radius 3 is 2.56 bits per heavy atom. The number of nitrogens with two attached hydrogens (primary N) is 1. The monoisotopic (exact) mass is 530 g/mol. The largest absolute Gasteiger partial charge is 0.385 e. The fourth-order valence-corrected chi connectivity index (χ4v) is 4.43. The molecule has 0 aliphatic carbocycles. The summed E-state index contributed by atoms with van der Waals surface area (Å²) in [6.45, 7) is 2.93. The maximum Gasteiger partial charge on any atom is 0.253 e. The molecule has 5 N–H and O–H groups in total. The number of hydrogen-bond acceptors (Lipinski definition) is 7. The molecule has 10 nitrogen and oxygen atoms in total. The summed E-state index contributed by atoms with van der Waals surface area (Å²) in [7, 11) is 1.63. The number of pyridine rings is 1. The summed E-state index contributed by atoms with van der Waals surface area (Å²) in [6.07, 6.45) is 3.08. The molecule has 4 rings (SSSR count). The molecule has 1 aliphatic heterocycles. The van der Waals surface area contributed by atoms with Gasteiger partial charge in [-0.05, 0) is 48.7 Å². The Morgan fingerprint density at radius 1 is 1.05 bits per heavy atom. The van der Waals surface area contributed by atoms with Gasteiger partial charge in [-0.25, -0.2) is 4.98 Å². The average Bonchev–Trinajstić information content (AvgIpc) is 3.43. The van der Waals surface area contributed by atoms with Gasteiger partial charge in [-0.1, -0.05) is 30.3 Å². The zero-order valence-electron chi connectivity index (χ0n) is 22.0. The zero-order chi connectivity index (χ0) is 27.6. The molecular weight excluding hydrogens is 496 g/mol. The summed E-state index contributed by atoms with van der Waals surface area (Å²) >= 11 is 0. The Labute approximate surface area is 227 Å². The minimum atomic E-state index is -0.560. The molecule has 2 aromatic carbocycles. The topological polar surface area (TPSA) is 139 Å². The maximum atomic E-state index is 13.0. The lowest BCUT2D eigenvalue weighted by molar-refractivity contribution is 0.0935. The van der Waals surface area contributed by atoms with Crippen molar-refractivity contribution in [2.24, 2.45) is 5.73 Å². The Balaban J connectivity index is 1.31. The summed E-state index contributed by atoms with van der Waals surface area (Å²) in [6, 6.07) is 18.1. The Kier molecular flexibility index (Phi) is 9.47. The van der Waals surface area contributed by atoms with E-state index >= 15 is 0 Å². The summed E-state index contributed by atoms with van der Waals surface area (Å²) < 4.78 is 5.05. The molecule has 1 fully saturated rings. The van der Waals surface area contributed by atoms with Crippen molar-refractivity contribution in [1.82, 2.24) is 15.6 Å². The van der Waals surface area contributed by atoms with Gasteiger partial charge in [0, 0.05) is 63.4 Å². The van der Waals surface area contributed by atoms with Crippen LogP contribution < -0.4 is 26.6 Å². The molecule has 3 amide bonds. The van der Waals surface area contributed by atoms with E-state index in [0.29, 0.717) is 48.6 Å². The highest BCUT2D eigenvalue weighted by Gasteiger charge is 2.26. The molecule has 0 saturated carbocycles. The number of carbonyl (C=O) groups is 3. The number of amides is 3. The van der Waals surface area contributed by atoms with Gasteiger partial charge in [0.25, 0.3) is 17.7 Å². The van der Waals surface area contributed by atoms with E-state index in [1.165, 1.54) is 0 Å². The van der Waals surface area contributed by atoms with Crippen molar-refractivity contribution in [3.63, 3.8) is 0 Å². The third-order valence-corrected chi connectivity index (χ3v) is 6.54. The number of rotatable bonds is 12. The first-order chi connectivity index (χ1) is 18.9. The molecule has 10 heteroatoms. The summed E-state index contributed by atoms with van der Waals surface area (Å²) in [5.74, 6) is -0.217. The van der Waals surface area contributed by atoms with Crippen LogP contribution in [0.4, 0.5) is 11.5 Å². The van der Waals surface area contributed by atoms with Crippen LogP contribution in [0.3, 0.4) is 0 Å². The molecular formula is C29H34N6O4. The molecule has 1 unspecified atom stereocenters. The fourth-order valence-electron chi connectivity index (χ4n) is 4.43. The SMILES string of the molecule is COCCCNc1cc(C(=O)NC2CCN(c3ccc(C(=O)NCc4ccccc4)cn3)C2)ccc1C(N)=O. The number of carbonyl (C=O) groups excluding carboxylic acids is 3. The molecule has 0 bridgehead atoms. The minimum Gasteiger partial charge on any atom is -0.385 e. The van der Waals surface area contributed by atoms with E-state index < -0.39 is 5.91 Å². The van der Waals surface area contributed by atoms with Crippen molar-refractivity contribution in [1.29, 1.82) is 0 Å². The standard InChI is InChI=1S/C29H34N6O4/c1-39-15-5-13-31-25-16-21(8-10-24(25)27(30)36)29(38)34-23-12-14-35(19-23)26-11-9-22(18-32-26)28(37)33-17-20-6-3-2-4-7-20/h2-4,6-11,16,18,23,31H,5,12-15,17,19H2,1H3,(H2,30,36)(H,33,37)(H,34,38). The normalized spacial score (nSPS) is 14.6. The first-order valence-corrected chi connectivity index (χ1v) is 12.9. The fraction of sp³-hybridized carbons (Fsp3) is 0.310. The van der Waals surface area contributed by atoms with Gasteiger partial charge >= 0.3 is 0 Å². The van der Waals surface area contributed by atoms with Crippen LogP contribution in [0.25, 0.3) is 0 Å². The molecule has 0 radical (unpaired) electrons. The molecule has 1 atom stereocenters. The molecule has 3 aromatic rings. The number of benzene rings is 2. The predicted octanol–water partition coefficient (Wildman–Crippen LogP) is 2.57. The van der Waals surface area contributed by atoms with Crippen LogP contribution in [0, 0.1) is 0 Å². The molecule has 1 saturated heterocycles. The third kappa shape index (κ3) is 7.55.